The van der Waals surface area contributed by atoms with Crippen LogP contribution in [0.1, 0.15) is 54.4 Å². The van der Waals surface area contributed by atoms with E-state index >= 15 is 0 Å². The predicted octanol–water partition coefficient (Wildman–Crippen LogP) is 4.97. The molecule has 1 aliphatic rings. The Balaban J connectivity index is 2.71. The van der Waals surface area contributed by atoms with E-state index in [1.54, 1.807) is 5.57 Å². The lowest BCUT2D eigenvalue weighted by molar-refractivity contribution is 0.346. The van der Waals surface area contributed by atoms with Crippen LogP contribution in [0, 0.1) is 16.7 Å². The van der Waals surface area contributed by atoms with Gasteiger partial charge in [0.05, 0.1) is 0 Å². The highest BCUT2D eigenvalue weighted by molar-refractivity contribution is 5.22. The van der Waals surface area contributed by atoms with Crippen LogP contribution < -0.4 is 0 Å². The van der Waals surface area contributed by atoms with Gasteiger partial charge in [0.1, 0.15) is 0 Å². The molecular formula is C15H26. The van der Waals surface area contributed by atoms with Crippen LogP contribution in [0.2, 0.25) is 0 Å². The van der Waals surface area contributed by atoms with Gasteiger partial charge in [-0.05, 0) is 36.5 Å². The summed E-state index contributed by atoms with van der Waals surface area (Å²) in [5.41, 5.74) is 2.26. The standard InChI is InChI=1S/C15H26/c1-7-14(3,4)11-10-13-9-8-12(2)15(13,5)6/h8,10-11,13H,7,9H2,1-6H3/b11-10+/t13-/m1/s1. The third-order valence-corrected chi connectivity index (χ3v) is 4.31. The van der Waals surface area contributed by atoms with Crippen molar-refractivity contribution in [3.8, 4) is 0 Å². The minimum absolute atomic E-state index is 0.354. The van der Waals surface area contributed by atoms with Crippen LogP contribution in [0.25, 0.3) is 0 Å². The Morgan fingerprint density at radius 3 is 2.47 bits per heavy atom. The third-order valence-electron chi connectivity index (χ3n) is 4.31. The van der Waals surface area contributed by atoms with Crippen molar-refractivity contribution in [2.75, 3.05) is 0 Å². The maximum atomic E-state index is 2.44. The first-order valence-electron chi connectivity index (χ1n) is 6.16. The second-order valence-corrected chi connectivity index (χ2v) is 6.15. The van der Waals surface area contributed by atoms with Gasteiger partial charge in [0.2, 0.25) is 0 Å². The SMILES string of the molecule is CCC(C)(C)/C=C/[C@H]1CC=C(C)C1(C)C. The second-order valence-electron chi connectivity index (χ2n) is 6.15. The Bertz CT molecular complexity index is 276. The summed E-state index contributed by atoms with van der Waals surface area (Å²) < 4.78 is 0. The molecule has 0 N–H and O–H groups in total. The van der Waals surface area contributed by atoms with Crippen molar-refractivity contribution in [3.63, 3.8) is 0 Å². The molecule has 15 heavy (non-hydrogen) atoms. The van der Waals surface area contributed by atoms with Gasteiger partial charge in [0.25, 0.3) is 0 Å². The maximum absolute atomic E-state index is 2.44. The quantitative estimate of drug-likeness (QED) is 0.572. The van der Waals surface area contributed by atoms with Gasteiger partial charge in [0, 0.05) is 0 Å². The van der Waals surface area contributed by atoms with Crippen LogP contribution in [0.15, 0.2) is 23.8 Å². The van der Waals surface area contributed by atoms with E-state index in [4.69, 9.17) is 0 Å². The van der Waals surface area contributed by atoms with E-state index in [9.17, 15) is 0 Å². The molecule has 1 aliphatic carbocycles. The zero-order chi connectivity index (χ0) is 11.7. The van der Waals surface area contributed by atoms with E-state index in [2.05, 4.69) is 59.8 Å². The fourth-order valence-electron chi connectivity index (χ4n) is 1.97. The molecule has 0 saturated heterocycles. The number of rotatable bonds is 3. The van der Waals surface area contributed by atoms with Crippen LogP contribution in [0.5, 0.6) is 0 Å². The molecule has 0 radical (unpaired) electrons. The van der Waals surface area contributed by atoms with Gasteiger partial charge < -0.3 is 0 Å². The van der Waals surface area contributed by atoms with Crippen molar-refractivity contribution in [1.82, 2.24) is 0 Å². The van der Waals surface area contributed by atoms with Gasteiger partial charge in [-0.3, -0.25) is 0 Å². The molecule has 0 amide bonds. The molecule has 0 saturated carbocycles. The molecule has 1 rings (SSSR count). The van der Waals surface area contributed by atoms with Crippen molar-refractivity contribution in [1.29, 1.82) is 0 Å². The summed E-state index contributed by atoms with van der Waals surface area (Å²) in [5.74, 6) is 0.698. The summed E-state index contributed by atoms with van der Waals surface area (Å²) in [5, 5.41) is 0. The van der Waals surface area contributed by atoms with Crippen molar-refractivity contribution in [3.05, 3.63) is 23.8 Å². The Morgan fingerprint density at radius 1 is 1.47 bits per heavy atom. The minimum Gasteiger partial charge on any atom is -0.0844 e. The minimum atomic E-state index is 0.354. The Kier molecular flexibility index (Phi) is 3.48. The van der Waals surface area contributed by atoms with E-state index in [0.29, 0.717) is 16.7 Å². The molecule has 0 nitrogen and oxygen atoms in total. The zero-order valence-electron chi connectivity index (χ0n) is 11.2. The molecule has 0 heterocycles. The number of allylic oxidation sites excluding steroid dienone is 4. The molecule has 0 spiro atoms. The summed E-state index contributed by atoms with van der Waals surface area (Å²) in [7, 11) is 0. The fraction of sp³-hybridized carbons (Fsp3) is 0.733. The van der Waals surface area contributed by atoms with E-state index < -0.39 is 0 Å². The Morgan fingerprint density at radius 2 is 2.07 bits per heavy atom. The van der Waals surface area contributed by atoms with Gasteiger partial charge in [-0.2, -0.15) is 0 Å². The first-order chi connectivity index (χ1) is 6.79. The Labute approximate surface area is 95.5 Å². The van der Waals surface area contributed by atoms with Crippen LogP contribution in [-0.4, -0.2) is 0 Å². The van der Waals surface area contributed by atoms with Gasteiger partial charge in [-0.25, -0.2) is 0 Å². The normalized spacial score (nSPS) is 26.0. The molecule has 0 heteroatoms. The van der Waals surface area contributed by atoms with Gasteiger partial charge >= 0.3 is 0 Å². The molecule has 0 aromatic carbocycles. The first kappa shape index (κ1) is 12.5. The summed E-state index contributed by atoms with van der Waals surface area (Å²) in [6.07, 6.45) is 9.68. The molecule has 0 unspecified atom stereocenters. The van der Waals surface area contributed by atoms with Crippen LogP contribution in [-0.2, 0) is 0 Å². The molecule has 86 valence electrons. The van der Waals surface area contributed by atoms with Crippen LogP contribution in [0.4, 0.5) is 0 Å². The monoisotopic (exact) mass is 206 g/mol. The van der Waals surface area contributed by atoms with E-state index in [0.717, 1.165) is 0 Å². The van der Waals surface area contributed by atoms with Crippen molar-refractivity contribution in [2.45, 2.75) is 54.4 Å². The lowest BCUT2D eigenvalue weighted by Gasteiger charge is -2.28. The van der Waals surface area contributed by atoms with Gasteiger partial charge in [-0.1, -0.05) is 58.4 Å². The van der Waals surface area contributed by atoms with E-state index in [1.807, 2.05) is 0 Å². The summed E-state index contributed by atoms with van der Waals surface area (Å²) in [6, 6.07) is 0. The summed E-state index contributed by atoms with van der Waals surface area (Å²) >= 11 is 0. The molecule has 1 atom stereocenters. The zero-order valence-corrected chi connectivity index (χ0v) is 11.2. The molecular weight excluding hydrogens is 180 g/mol. The lowest BCUT2D eigenvalue weighted by atomic mass is 9.76. The lowest BCUT2D eigenvalue weighted by Crippen LogP contribution is -2.19. The first-order valence-corrected chi connectivity index (χ1v) is 6.16. The highest BCUT2D eigenvalue weighted by Gasteiger charge is 2.33. The highest BCUT2D eigenvalue weighted by atomic mass is 14.4. The maximum Gasteiger partial charge on any atom is -0.00817 e. The van der Waals surface area contributed by atoms with Crippen molar-refractivity contribution >= 4 is 0 Å². The van der Waals surface area contributed by atoms with Gasteiger partial charge in [-0.15, -0.1) is 0 Å². The summed E-state index contributed by atoms with van der Waals surface area (Å²) in [6.45, 7) is 13.9. The average molecular weight is 206 g/mol. The number of hydrogen-bond acceptors (Lipinski definition) is 0. The predicted molar refractivity (Wildman–Crippen MR) is 68.9 cm³/mol. The summed E-state index contributed by atoms with van der Waals surface area (Å²) in [4.78, 5) is 0. The molecule has 0 aromatic rings. The fourth-order valence-corrected chi connectivity index (χ4v) is 1.97. The van der Waals surface area contributed by atoms with E-state index in [-0.39, 0.29) is 0 Å². The molecule has 0 aromatic heterocycles. The largest absolute Gasteiger partial charge is 0.0844 e. The van der Waals surface area contributed by atoms with Crippen molar-refractivity contribution < 1.29 is 0 Å². The number of hydrogen-bond donors (Lipinski definition) is 0. The molecule has 0 aliphatic heterocycles. The Hall–Kier alpha value is -0.520. The third kappa shape index (κ3) is 2.74. The van der Waals surface area contributed by atoms with Gasteiger partial charge in [0.15, 0.2) is 0 Å². The topological polar surface area (TPSA) is 0 Å². The van der Waals surface area contributed by atoms with E-state index in [1.165, 1.54) is 12.8 Å². The smallest absolute Gasteiger partial charge is 0.00817 e. The highest BCUT2D eigenvalue weighted by Crippen LogP contribution is 2.44. The van der Waals surface area contributed by atoms with Crippen LogP contribution in [0.3, 0.4) is 0 Å². The second kappa shape index (κ2) is 4.15. The molecule has 0 bridgehead atoms. The molecule has 0 fully saturated rings. The van der Waals surface area contributed by atoms with Crippen LogP contribution >= 0.6 is 0 Å². The average Bonchev–Trinajstić information content (AvgIpc) is 2.40. The van der Waals surface area contributed by atoms with Crippen molar-refractivity contribution in [2.24, 2.45) is 16.7 Å².